The monoisotopic (exact) mass is 361 g/mol. The Bertz CT molecular complexity index is 924. The van der Waals surface area contributed by atoms with Crippen LogP contribution in [0.15, 0.2) is 30.9 Å². The maximum Gasteiger partial charge on any atom is 0.272 e. The Morgan fingerprint density at radius 2 is 2.07 bits per heavy atom. The quantitative estimate of drug-likeness (QED) is 0.834. The lowest BCUT2D eigenvalue weighted by Crippen LogP contribution is -2.62. The van der Waals surface area contributed by atoms with Gasteiger partial charge in [-0.2, -0.15) is 5.10 Å². The summed E-state index contributed by atoms with van der Waals surface area (Å²) in [7, 11) is 1.83. The van der Waals surface area contributed by atoms with Gasteiger partial charge in [-0.15, -0.1) is 0 Å². The summed E-state index contributed by atoms with van der Waals surface area (Å²) < 4.78 is 1.67. The van der Waals surface area contributed by atoms with Crippen LogP contribution in [-0.4, -0.2) is 31.2 Å². The Kier molecular flexibility index (Phi) is 3.61. The second kappa shape index (κ2) is 5.91. The third kappa shape index (κ3) is 3.01. The Morgan fingerprint density at radius 3 is 2.74 bits per heavy atom. The summed E-state index contributed by atoms with van der Waals surface area (Å²) in [6.07, 6.45) is 13.5. The van der Waals surface area contributed by atoms with Crippen LogP contribution < -0.4 is 5.32 Å². The zero-order valence-corrected chi connectivity index (χ0v) is 15.5. The second-order valence-electron chi connectivity index (χ2n) is 8.69. The van der Waals surface area contributed by atoms with Gasteiger partial charge in [0.15, 0.2) is 0 Å². The third-order valence-corrected chi connectivity index (χ3v) is 6.40. The summed E-state index contributed by atoms with van der Waals surface area (Å²) in [5.41, 5.74) is 1.06. The largest absolute Gasteiger partial charge is 0.345 e. The summed E-state index contributed by atoms with van der Waals surface area (Å²) in [6, 6.07) is 1.78. The van der Waals surface area contributed by atoms with Crippen LogP contribution in [0.4, 0.5) is 0 Å². The van der Waals surface area contributed by atoms with Crippen molar-refractivity contribution in [3.8, 4) is 11.8 Å². The number of nitrogens with one attached hydrogen (secondary N) is 1. The van der Waals surface area contributed by atoms with E-state index in [0.717, 1.165) is 37.8 Å². The molecule has 4 bridgehead atoms. The molecular weight excluding hydrogens is 338 g/mol. The summed E-state index contributed by atoms with van der Waals surface area (Å²) in [5.74, 6) is 8.05. The highest BCUT2D eigenvalue weighted by molar-refractivity contribution is 5.92. The molecule has 1 N–H and O–H groups in total. The van der Waals surface area contributed by atoms with Crippen molar-refractivity contribution in [1.29, 1.82) is 0 Å². The van der Waals surface area contributed by atoms with Crippen molar-refractivity contribution in [3.05, 3.63) is 42.2 Å². The zero-order chi connectivity index (χ0) is 18.5. The summed E-state index contributed by atoms with van der Waals surface area (Å²) in [4.78, 5) is 21.2. The van der Waals surface area contributed by atoms with Crippen molar-refractivity contribution in [1.82, 2.24) is 25.1 Å². The van der Waals surface area contributed by atoms with Crippen LogP contribution in [-0.2, 0) is 7.05 Å². The van der Waals surface area contributed by atoms with Crippen molar-refractivity contribution in [2.24, 2.45) is 24.3 Å². The lowest BCUT2D eigenvalue weighted by Gasteiger charge is -2.60. The molecule has 4 aliphatic carbocycles. The van der Waals surface area contributed by atoms with Gasteiger partial charge in [-0.05, 0) is 62.3 Å². The van der Waals surface area contributed by atoms with Crippen LogP contribution >= 0.6 is 0 Å². The zero-order valence-electron chi connectivity index (χ0n) is 15.5. The molecule has 2 heterocycles. The topological polar surface area (TPSA) is 72.7 Å². The standard InChI is InChI=1S/C21H23N5O/c1-26-7-3-18(25-26)19(27)24-21-11-15-8-16(12-21)10-20(9-15,14-21)4-2-17-13-22-5-6-23-17/h3,5-7,13,15-16H,8-12,14H2,1H3,(H,24,27). The second-order valence-corrected chi connectivity index (χ2v) is 8.69. The van der Waals surface area contributed by atoms with E-state index in [1.807, 2.05) is 13.2 Å². The molecular formula is C21H23N5O. The van der Waals surface area contributed by atoms with Gasteiger partial charge in [0, 0.05) is 36.6 Å². The smallest absolute Gasteiger partial charge is 0.272 e. The van der Waals surface area contributed by atoms with Gasteiger partial charge in [0.2, 0.25) is 0 Å². The van der Waals surface area contributed by atoms with E-state index in [1.165, 1.54) is 6.42 Å². The molecule has 2 unspecified atom stereocenters. The van der Waals surface area contributed by atoms with Gasteiger partial charge in [-0.3, -0.25) is 14.5 Å². The molecule has 0 radical (unpaired) electrons. The Hall–Kier alpha value is -2.68. The minimum absolute atomic E-state index is 0.0149. The van der Waals surface area contributed by atoms with Crippen molar-refractivity contribution in [3.63, 3.8) is 0 Å². The number of carbonyl (C=O) groups is 1. The molecule has 2 aromatic rings. The van der Waals surface area contributed by atoms with E-state index in [4.69, 9.17) is 0 Å². The highest BCUT2D eigenvalue weighted by atomic mass is 16.2. The van der Waals surface area contributed by atoms with E-state index in [0.29, 0.717) is 17.5 Å². The maximum atomic E-state index is 12.8. The van der Waals surface area contributed by atoms with E-state index >= 15 is 0 Å². The van der Waals surface area contributed by atoms with E-state index in [1.54, 1.807) is 29.3 Å². The number of aromatic nitrogens is 4. The molecule has 6 heteroatoms. The predicted octanol–water partition coefficient (Wildman–Crippen LogP) is 2.33. The summed E-state index contributed by atoms with van der Waals surface area (Å²) in [5, 5.41) is 7.63. The van der Waals surface area contributed by atoms with Crippen molar-refractivity contribution < 1.29 is 4.79 Å². The van der Waals surface area contributed by atoms with Gasteiger partial charge in [0.05, 0.1) is 6.20 Å². The van der Waals surface area contributed by atoms with Crippen LogP contribution in [0.2, 0.25) is 0 Å². The van der Waals surface area contributed by atoms with Crippen molar-refractivity contribution in [2.75, 3.05) is 0 Å². The lowest BCUT2D eigenvalue weighted by molar-refractivity contribution is -0.0484. The number of aryl methyl sites for hydroxylation is 1. The highest BCUT2D eigenvalue weighted by Crippen LogP contribution is 2.61. The van der Waals surface area contributed by atoms with Crippen LogP contribution in [0.3, 0.4) is 0 Å². The minimum atomic E-state index is -0.143. The van der Waals surface area contributed by atoms with Gasteiger partial charge >= 0.3 is 0 Å². The molecule has 1 amide bonds. The first kappa shape index (κ1) is 16.5. The fourth-order valence-corrected chi connectivity index (χ4v) is 5.96. The molecule has 0 aromatic carbocycles. The number of amides is 1. The van der Waals surface area contributed by atoms with Gasteiger partial charge in [-0.25, -0.2) is 4.98 Å². The van der Waals surface area contributed by atoms with E-state index in [9.17, 15) is 4.79 Å². The van der Waals surface area contributed by atoms with Crippen LogP contribution in [0.1, 0.15) is 54.7 Å². The first-order valence-corrected chi connectivity index (χ1v) is 9.65. The molecule has 0 saturated heterocycles. The highest BCUT2D eigenvalue weighted by Gasteiger charge is 2.57. The average Bonchev–Trinajstić information content (AvgIpc) is 3.06. The number of hydrogen-bond acceptors (Lipinski definition) is 4. The average molecular weight is 361 g/mol. The van der Waals surface area contributed by atoms with Gasteiger partial charge in [0.25, 0.3) is 5.91 Å². The lowest BCUT2D eigenvalue weighted by atomic mass is 9.47. The fraction of sp³-hybridized carbons (Fsp3) is 0.524. The third-order valence-electron chi connectivity index (χ3n) is 6.40. The molecule has 0 spiro atoms. The molecule has 4 aliphatic rings. The van der Waals surface area contributed by atoms with Crippen LogP contribution in [0.25, 0.3) is 0 Å². The molecule has 6 nitrogen and oxygen atoms in total. The summed E-state index contributed by atoms with van der Waals surface area (Å²) >= 11 is 0. The fourth-order valence-electron chi connectivity index (χ4n) is 5.96. The van der Waals surface area contributed by atoms with E-state index in [2.05, 4.69) is 32.2 Å². The van der Waals surface area contributed by atoms with Crippen LogP contribution in [0.5, 0.6) is 0 Å². The number of hydrogen-bond donors (Lipinski definition) is 1. The normalized spacial score (nSPS) is 33.4. The SMILES string of the molecule is Cn1ccc(C(=O)NC23CC4CC(CC(C#Cc5cnccn5)(C4)C2)C3)n1. The molecule has 27 heavy (non-hydrogen) atoms. The molecule has 4 saturated carbocycles. The number of nitrogens with zero attached hydrogens (tertiary/aromatic N) is 4. The van der Waals surface area contributed by atoms with Gasteiger partial charge in [-0.1, -0.05) is 5.92 Å². The van der Waals surface area contributed by atoms with Gasteiger partial charge < -0.3 is 5.32 Å². The van der Waals surface area contributed by atoms with Crippen LogP contribution in [0, 0.1) is 29.1 Å². The van der Waals surface area contributed by atoms with Gasteiger partial charge in [0.1, 0.15) is 11.4 Å². The maximum absolute atomic E-state index is 12.8. The number of carbonyl (C=O) groups excluding carboxylic acids is 1. The van der Waals surface area contributed by atoms with E-state index in [-0.39, 0.29) is 16.9 Å². The first-order chi connectivity index (χ1) is 13.0. The molecule has 6 rings (SSSR count). The Labute approximate surface area is 158 Å². The Balaban J connectivity index is 1.42. The molecule has 2 aromatic heterocycles. The predicted molar refractivity (Wildman–Crippen MR) is 99.4 cm³/mol. The molecule has 2 atom stereocenters. The number of rotatable bonds is 2. The molecule has 0 aliphatic heterocycles. The first-order valence-electron chi connectivity index (χ1n) is 9.65. The van der Waals surface area contributed by atoms with E-state index < -0.39 is 0 Å². The van der Waals surface area contributed by atoms with Crippen molar-refractivity contribution >= 4 is 5.91 Å². The Morgan fingerprint density at radius 1 is 1.26 bits per heavy atom. The summed E-state index contributed by atoms with van der Waals surface area (Å²) in [6.45, 7) is 0. The molecule has 4 fully saturated rings. The molecule has 138 valence electrons. The van der Waals surface area contributed by atoms with Crippen molar-refractivity contribution in [2.45, 2.75) is 44.1 Å². The minimum Gasteiger partial charge on any atom is -0.345 e.